The first kappa shape index (κ1) is 17.5. The minimum Gasteiger partial charge on any atom is -0.497 e. The van der Waals surface area contributed by atoms with E-state index in [1.54, 1.807) is 37.4 Å². The Balaban J connectivity index is 1.67. The van der Waals surface area contributed by atoms with Gasteiger partial charge in [-0.2, -0.15) is 0 Å². The van der Waals surface area contributed by atoms with Gasteiger partial charge in [-0.15, -0.1) is 0 Å². The zero-order chi connectivity index (χ0) is 17.6. The number of hydrogen-bond donors (Lipinski definition) is 1. The molecule has 2 aromatic rings. The maximum atomic E-state index is 12.4. The highest BCUT2D eigenvalue weighted by Gasteiger charge is 2.18. The van der Waals surface area contributed by atoms with Gasteiger partial charge in [-0.1, -0.05) is 17.7 Å². The number of nitrogens with one attached hydrogen (secondary N) is 1. The number of halogens is 1. The first-order valence-corrected chi connectivity index (χ1v) is 8.39. The summed E-state index contributed by atoms with van der Waals surface area (Å²) in [5.41, 5.74) is 0.982. The number of carbonyl (C=O) groups is 1. The first-order valence-electron chi connectivity index (χ1n) is 8.01. The third-order valence-corrected chi connectivity index (χ3v) is 4.11. The number of pyridine rings is 1. The van der Waals surface area contributed by atoms with Crippen LogP contribution in [0.4, 0.5) is 5.69 Å². The molecular weight excluding hydrogens is 344 g/mol. The van der Waals surface area contributed by atoms with E-state index in [1.807, 2.05) is 0 Å². The van der Waals surface area contributed by atoms with Crippen molar-refractivity contribution < 1.29 is 19.0 Å². The van der Waals surface area contributed by atoms with Gasteiger partial charge in [-0.05, 0) is 18.2 Å². The first-order chi connectivity index (χ1) is 12.2. The van der Waals surface area contributed by atoms with Crippen LogP contribution in [0.2, 0.25) is 5.02 Å². The molecule has 1 aliphatic heterocycles. The Labute approximate surface area is 151 Å². The molecule has 1 amide bonds. The van der Waals surface area contributed by atoms with Crippen molar-refractivity contribution in [1.82, 2.24) is 4.98 Å². The fraction of sp³-hybridized carbons (Fsp3) is 0.333. The Morgan fingerprint density at radius 1 is 1.32 bits per heavy atom. The zero-order valence-corrected chi connectivity index (χ0v) is 14.6. The lowest BCUT2D eigenvalue weighted by molar-refractivity contribution is 0.0238. The van der Waals surface area contributed by atoms with Crippen molar-refractivity contribution >= 4 is 23.2 Å². The third-order valence-electron chi connectivity index (χ3n) is 3.84. The van der Waals surface area contributed by atoms with E-state index in [4.69, 9.17) is 25.8 Å². The molecule has 2 heterocycles. The highest BCUT2D eigenvalue weighted by Crippen LogP contribution is 2.26. The van der Waals surface area contributed by atoms with Gasteiger partial charge in [0.2, 0.25) is 5.88 Å². The van der Waals surface area contributed by atoms with E-state index in [2.05, 4.69) is 10.3 Å². The van der Waals surface area contributed by atoms with Crippen molar-refractivity contribution in [2.24, 2.45) is 0 Å². The van der Waals surface area contributed by atoms with E-state index in [0.29, 0.717) is 41.1 Å². The van der Waals surface area contributed by atoms with Crippen molar-refractivity contribution in [1.29, 1.82) is 0 Å². The van der Waals surface area contributed by atoms with Crippen LogP contribution in [0.3, 0.4) is 0 Å². The molecule has 132 valence electrons. The number of rotatable bonds is 5. The predicted octanol–water partition coefficient (Wildman–Crippen LogP) is 3.55. The number of methoxy groups -OCH3 is 1. The summed E-state index contributed by atoms with van der Waals surface area (Å²) in [5, 5.41) is 3.10. The van der Waals surface area contributed by atoms with Crippen LogP contribution in [-0.4, -0.2) is 37.3 Å². The number of nitrogens with zero attached hydrogens (tertiary/aromatic N) is 1. The number of anilines is 1. The summed E-state index contributed by atoms with van der Waals surface area (Å²) in [6, 6.07) is 8.66. The molecule has 0 aliphatic carbocycles. The number of amides is 1. The van der Waals surface area contributed by atoms with Crippen LogP contribution in [-0.2, 0) is 4.74 Å². The van der Waals surface area contributed by atoms with Crippen LogP contribution in [0.25, 0.3) is 0 Å². The van der Waals surface area contributed by atoms with Crippen molar-refractivity contribution in [3.63, 3.8) is 0 Å². The van der Waals surface area contributed by atoms with Gasteiger partial charge in [0, 0.05) is 30.8 Å². The second-order valence-corrected chi connectivity index (χ2v) is 6.03. The largest absolute Gasteiger partial charge is 0.497 e. The van der Waals surface area contributed by atoms with Gasteiger partial charge < -0.3 is 19.5 Å². The van der Waals surface area contributed by atoms with Gasteiger partial charge in [-0.25, -0.2) is 4.98 Å². The van der Waals surface area contributed by atoms with Gasteiger partial charge in [0.25, 0.3) is 5.91 Å². The monoisotopic (exact) mass is 362 g/mol. The fourth-order valence-corrected chi connectivity index (χ4v) is 2.70. The molecule has 0 radical (unpaired) electrons. The lowest BCUT2D eigenvalue weighted by atomic mass is 10.1. The molecule has 0 bridgehead atoms. The molecule has 1 aromatic carbocycles. The molecule has 0 unspecified atom stereocenters. The topological polar surface area (TPSA) is 69.7 Å². The van der Waals surface area contributed by atoms with E-state index < -0.39 is 0 Å². The van der Waals surface area contributed by atoms with Gasteiger partial charge >= 0.3 is 0 Å². The Morgan fingerprint density at radius 2 is 2.12 bits per heavy atom. The SMILES string of the molecule is COc1cccc(NC(=O)c2cnc(OC3CCOCC3)c(Cl)c2)c1. The predicted molar refractivity (Wildman–Crippen MR) is 94.7 cm³/mol. The van der Waals surface area contributed by atoms with E-state index in [1.165, 1.54) is 6.20 Å². The number of hydrogen-bond acceptors (Lipinski definition) is 5. The van der Waals surface area contributed by atoms with E-state index in [-0.39, 0.29) is 12.0 Å². The number of ether oxygens (including phenoxy) is 3. The molecule has 1 saturated heterocycles. The second-order valence-electron chi connectivity index (χ2n) is 5.63. The average Bonchev–Trinajstić information content (AvgIpc) is 2.64. The van der Waals surface area contributed by atoms with E-state index >= 15 is 0 Å². The Hall–Kier alpha value is -2.31. The summed E-state index contributed by atoms with van der Waals surface area (Å²) in [6.45, 7) is 1.34. The normalized spacial score (nSPS) is 14.8. The maximum Gasteiger partial charge on any atom is 0.257 e. The number of carbonyl (C=O) groups excluding carboxylic acids is 1. The summed E-state index contributed by atoms with van der Waals surface area (Å²) in [5.74, 6) is 0.695. The van der Waals surface area contributed by atoms with Crippen LogP contribution in [0, 0.1) is 0 Å². The molecule has 1 fully saturated rings. The molecule has 3 rings (SSSR count). The molecule has 0 atom stereocenters. The highest BCUT2D eigenvalue weighted by molar-refractivity contribution is 6.32. The summed E-state index contributed by atoms with van der Waals surface area (Å²) in [6.07, 6.45) is 3.09. The fourth-order valence-electron chi connectivity index (χ4n) is 2.49. The summed E-state index contributed by atoms with van der Waals surface area (Å²) in [7, 11) is 1.57. The van der Waals surface area contributed by atoms with Crippen molar-refractivity contribution in [3.8, 4) is 11.6 Å². The lowest BCUT2D eigenvalue weighted by Gasteiger charge is -2.23. The lowest BCUT2D eigenvalue weighted by Crippen LogP contribution is -2.26. The molecule has 1 aromatic heterocycles. The van der Waals surface area contributed by atoms with E-state index in [0.717, 1.165) is 12.8 Å². The zero-order valence-electron chi connectivity index (χ0n) is 13.8. The molecule has 1 aliphatic rings. The van der Waals surface area contributed by atoms with Crippen LogP contribution >= 0.6 is 11.6 Å². The average molecular weight is 363 g/mol. The Morgan fingerprint density at radius 3 is 2.84 bits per heavy atom. The summed E-state index contributed by atoms with van der Waals surface area (Å²) < 4.78 is 16.2. The smallest absolute Gasteiger partial charge is 0.257 e. The minimum atomic E-state index is -0.305. The maximum absolute atomic E-state index is 12.4. The van der Waals surface area contributed by atoms with Gasteiger partial charge in [0.05, 0.1) is 25.9 Å². The quantitative estimate of drug-likeness (QED) is 0.880. The number of benzene rings is 1. The van der Waals surface area contributed by atoms with Gasteiger partial charge in [0.15, 0.2) is 0 Å². The third kappa shape index (κ3) is 4.61. The molecular formula is C18H19ClN2O4. The van der Waals surface area contributed by atoms with Crippen molar-refractivity contribution in [2.75, 3.05) is 25.6 Å². The van der Waals surface area contributed by atoms with Crippen molar-refractivity contribution in [3.05, 3.63) is 47.1 Å². The molecule has 6 nitrogen and oxygen atoms in total. The van der Waals surface area contributed by atoms with Gasteiger partial charge in [0.1, 0.15) is 16.9 Å². The molecule has 1 N–H and O–H groups in total. The summed E-state index contributed by atoms with van der Waals surface area (Å²) in [4.78, 5) is 16.5. The number of aromatic nitrogens is 1. The van der Waals surface area contributed by atoms with Crippen molar-refractivity contribution in [2.45, 2.75) is 18.9 Å². The highest BCUT2D eigenvalue weighted by atomic mass is 35.5. The Bertz CT molecular complexity index is 748. The van der Waals surface area contributed by atoms with Crippen LogP contribution in [0.1, 0.15) is 23.2 Å². The second kappa shape index (κ2) is 8.18. The molecule has 25 heavy (non-hydrogen) atoms. The Kier molecular flexibility index (Phi) is 5.73. The molecule has 7 heteroatoms. The molecule has 0 saturated carbocycles. The van der Waals surface area contributed by atoms with Crippen LogP contribution < -0.4 is 14.8 Å². The minimum absolute atomic E-state index is 0.0372. The van der Waals surface area contributed by atoms with Crippen LogP contribution in [0.5, 0.6) is 11.6 Å². The van der Waals surface area contributed by atoms with E-state index in [9.17, 15) is 4.79 Å². The van der Waals surface area contributed by atoms with Crippen LogP contribution in [0.15, 0.2) is 36.5 Å². The van der Waals surface area contributed by atoms with Gasteiger partial charge in [-0.3, -0.25) is 4.79 Å². The summed E-state index contributed by atoms with van der Waals surface area (Å²) >= 11 is 6.22. The standard InChI is InChI=1S/C18H19ClN2O4/c1-23-15-4-2-3-13(10-15)21-17(22)12-9-16(19)18(20-11-12)25-14-5-7-24-8-6-14/h2-4,9-11,14H,5-8H2,1H3,(H,21,22). The molecule has 0 spiro atoms.